The molecule has 0 amide bonds. The summed E-state index contributed by atoms with van der Waals surface area (Å²) < 4.78 is 13.1. The Labute approximate surface area is 64.7 Å². The van der Waals surface area contributed by atoms with E-state index in [2.05, 4.69) is 2.93 Å². The fraction of sp³-hybridized carbons (Fsp3) is 0. The maximum atomic E-state index is 9.35. The van der Waals surface area contributed by atoms with Gasteiger partial charge in [0, 0.05) is 19.5 Å². The minimum Gasteiger partial charge on any atom is 0 e. The van der Waals surface area contributed by atoms with E-state index in [1.54, 1.807) is 0 Å². The van der Waals surface area contributed by atoms with Gasteiger partial charge in [0.1, 0.15) is 0 Å². The summed E-state index contributed by atoms with van der Waals surface area (Å²) in [6.45, 7) is 0. The van der Waals surface area contributed by atoms with Gasteiger partial charge >= 0.3 is 45.3 Å². The largest absolute Gasteiger partial charge is 0 e. The predicted molar refractivity (Wildman–Crippen MR) is 17.7 cm³/mol. The first-order valence-corrected chi connectivity index (χ1v) is 3.20. The van der Waals surface area contributed by atoms with Gasteiger partial charge in [0.05, 0.1) is 0 Å². The SMILES string of the molecule is [O]=[Sb][O]B(O)O.[Zn]. The molecule has 0 aliphatic carbocycles. The van der Waals surface area contributed by atoms with Crippen molar-refractivity contribution in [2.24, 2.45) is 0 Å². The van der Waals surface area contributed by atoms with E-state index in [1.807, 2.05) is 0 Å². The summed E-state index contributed by atoms with van der Waals surface area (Å²) in [7, 11) is -1.85. The zero-order chi connectivity index (χ0) is 4.99. The van der Waals surface area contributed by atoms with E-state index in [-0.39, 0.29) is 19.5 Å². The normalized spacial score (nSPS) is 6.57. The van der Waals surface area contributed by atoms with Crippen molar-refractivity contribution in [3.05, 3.63) is 0 Å². The Bertz CT molecular complexity index is 47.0. The van der Waals surface area contributed by atoms with Gasteiger partial charge in [0.15, 0.2) is 0 Å². The minimum atomic E-state index is -1.96. The molecule has 0 unspecified atom stereocenters. The molecule has 0 fully saturated rings. The van der Waals surface area contributed by atoms with Crippen LogP contribution < -0.4 is 0 Å². The molecule has 4 nitrogen and oxygen atoms in total. The third-order valence-electron chi connectivity index (χ3n) is 0.137. The third-order valence-corrected chi connectivity index (χ3v) is 0.921. The van der Waals surface area contributed by atoms with Gasteiger partial charge in [0.25, 0.3) is 0 Å². The minimum absolute atomic E-state index is 0. The second-order valence-electron chi connectivity index (χ2n) is 0.506. The number of rotatable bonds is 2. The Morgan fingerprint density at radius 1 is 1.57 bits per heavy atom. The van der Waals surface area contributed by atoms with Crippen molar-refractivity contribution < 1.29 is 35.5 Å². The second kappa shape index (κ2) is 7.19. The molecule has 0 saturated carbocycles. The second-order valence-corrected chi connectivity index (χ2v) is 1.53. The van der Waals surface area contributed by atoms with Crippen LogP contribution in [0.3, 0.4) is 0 Å². The summed E-state index contributed by atoms with van der Waals surface area (Å²) in [6.07, 6.45) is 0. The Hall–Kier alpha value is 1.19. The van der Waals surface area contributed by atoms with Crippen molar-refractivity contribution in [3.63, 3.8) is 0 Å². The molecule has 7 heteroatoms. The monoisotopic (exact) mass is 262 g/mol. The van der Waals surface area contributed by atoms with Gasteiger partial charge in [-0.25, -0.2) is 0 Å². The molecule has 0 saturated heterocycles. The van der Waals surface area contributed by atoms with Crippen LogP contribution in [0.15, 0.2) is 0 Å². The molecule has 0 rings (SSSR count). The first-order valence-electron chi connectivity index (χ1n) is 1.12. The van der Waals surface area contributed by atoms with E-state index in [9.17, 15) is 3.02 Å². The third kappa shape index (κ3) is 11.0. The summed E-state index contributed by atoms with van der Waals surface area (Å²) in [5.41, 5.74) is 0. The molecule has 36 valence electrons. The van der Waals surface area contributed by atoms with Gasteiger partial charge < -0.3 is 0 Å². The number of hydrogen-bond acceptors (Lipinski definition) is 4. The van der Waals surface area contributed by atoms with Crippen LogP contribution in [0, 0.1) is 0 Å². The van der Waals surface area contributed by atoms with Crippen molar-refractivity contribution in [1.29, 1.82) is 0 Å². The van der Waals surface area contributed by atoms with Crippen LogP contribution in [-0.4, -0.2) is 39.4 Å². The van der Waals surface area contributed by atoms with Crippen molar-refractivity contribution in [1.82, 2.24) is 0 Å². The van der Waals surface area contributed by atoms with E-state index >= 15 is 0 Å². The first-order chi connectivity index (χ1) is 2.77. The fourth-order valence-corrected chi connectivity index (χ4v) is 0.258. The van der Waals surface area contributed by atoms with Crippen LogP contribution in [0.5, 0.6) is 0 Å². The van der Waals surface area contributed by atoms with E-state index in [0.717, 1.165) is 0 Å². The van der Waals surface area contributed by atoms with E-state index in [0.29, 0.717) is 0 Å². The Morgan fingerprint density at radius 2 is 2.00 bits per heavy atom. The molecule has 0 heterocycles. The molecule has 0 bridgehead atoms. The quantitative estimate of drug-likeness (QED) is 0.562. The van der Waals surface area contributed by atoms with Gasteiger partial charge in [-0.15, -0.1) is 0 Å². The van der Waals surface area contributed by atoms with Crippen molar-refractivity contribution >= 4 is 29.3 Å². The molecule has 0 spiro atoms. The summed E-state index contributed by atoms with van der Waals surface area (Å²) in [4.78, 5) is 0. The Morgan fingerprint density at radius 3 is 2.00 bits per heavy atom. The average molecular weight is 264 g/mol. The van der Waals surface area contributed by atoms with E-state index in [4.69, 9.17) is 10.0 Å². The Kier molecular flexibility index (Phi) is 11.3. The van der Waals surface area contributed by atoms with Crippen molar-refractivity contribution in [2.75, 3.05) is 0 Å². The van der Waals surface area contributed by atoms with E-state index in [1.165, 1.54) is 0 Å². The van der Waals surface area contributed by atoms with Crippen LogP contribution in [0.2, 0.25) is 0 Å². The van der Waals surface area contributed by atoms with Crippen LogP contribution in [0.25, 0.3) is 0 Å². The summed E-state index contributed by atoms with van der Waals surface area (Å²) >= 11 is -1.96. The van der Waals surface area contributed by atoms with Gasteiger partial charge in [-0.05, 0) is 0 Å². The topological polar surface area (TPSA) is 66.8 Å². The van der Waals surface area contributed by atoms with Crippen LogP contribution in [0.4, 0.5) is 0 Å². The van der Waals surface area contributed by atoms with Gasteiger partial charge in [0.2, 0.25) is 0 Å². The van der Waals surface area contributed by atoms with Crippen LogP contribution >= 0.6 is 0 Å². The zero-order valence-corrected chi connectivity index (χ0v) is 8.96. The van der Waals surface area contributed by atoms with Crippen LogP contribution in [0.1, 0.15) is 0 Å². The predicted octanol–water partition coefficient (Wildman–Crippen LogP) is -2.07. The number of hydrogen-bond donors (Lipinski definition) is 2. The van der Waals surface area contributed by atoms with Gasteiger partial charge in [-0.3, -0.25) is 0 Å². The molecule has 0 aromatic heterocycles. The summed E-state index contributed by atoms with van der Waals surface area (Å²) in [5.74, 6) is 0. The zero-order valence-electron chi connectivity index (χ0n) is 3.44. The Balaban J connectivity index is 0. The van der Waals surface area contributed by atoms with Crippen LogP contribution in [-0.2, 0) is 25.4 Å². The molecule has 0 atom stereocenters. The van der Waals surface area contributed by atoms with E-state index < -0.39 is 29.3 Å². The smallest absolute Gasteiger partial charge is 0 e. The molecule has 0 aromatic rings. The maximum absolute atomic E-state index is 9.35. The molecular weight excluding hydrogens is 262 g/mol. The fourth-order valence-electron chi connectivity index (χ4n) is 0.0385. The van der Waals surface area contributed by atoms with Crippen molar-refractivity contribution in [3.8, 4) is 0 Å². The first kappa shape index (κ1) is 11.0. The molecule has 7 heavy (non-hydrogen) atoms. The standard InChI is InChI=1S/BH2O3.O.Sb.Zn/c2-1(3)4;;;/h2-3H;;;/q-1;;+1;. The van der Waals surface area contributed by atoms with Gasteiger partial charge in [-0.2, -0.15) is 0 Å². The maximum Gasteiger partial charge on any atom is 0 e. The molecule has 2 N–H and O–H groups in total. The van der Waals surface area contributed by atoms with Crippen molar-refractivity contribution in [2.45, 2.75) is 0 Å². The molecule has 0 radical (unpaired) electrons. The van der Waals surface area contributed by atoms with Gasteiger partial charge in [-0.1, -0.05) is 0 Å². The molecule has 0 aliphatic heterocycles. The molecular formula is H2BO4SbZn. The molecule has 0 aromatic carbocycles. The molecule has 0 aliphatic rings. The average Bonchev–Trinajstić information content (AvgIpc) is 1.35. The summed E-state index contributed by atoms with van der Waals surface area (Å²) in [5, 5.41) is 15.4. The summed E-state index contributed by atoms with van der Waals surface area (Å²) in [6, 6.07) is 0.